The third-order valence-corrected chi connectivity index (χ3v) is 5.32. The lowest BCUT2D eigenvalue weighted by Gasteiger charge is -2.20. The van der Waals surface area contributed by atoms with Gasteiger partial charge in [-0.25, -0.2) is 4.79 Å². The van der Waals surface area contributed by atoms with Gasteiger partial charge in [0.05, 0.1) is 17.9 Å². The number of benzene rings is 3. The number of nitrogens with one attached hydrogen (secondary N) is 2. The third kappa shape index (κ3) is 8.32. The van der Waals surface area contributed by atoms with E-state index in [-0.39, 0.29) is 24.4 Å². The molecule has 0 saturated heterocycles. The van der Waals surface area contributed by atoms with Crippen molar-refractivity contribution in [3.63, 3.8) is 0 Å². The lowest BCUT2D eigenvalue weighted by atomic mass is 9.99. The van der Waals surface area contributed by atoms with Crippen LogP contribution in [0, 0.1) is 0 Å². The topological polar surface area (TPSA) is 90.8 Å². The van der Waals surface area contributed by atoms with Gasteiger partial charge in [-0.3, -0.25) is 9.79 Å². The standard InChI is InChI=1S/C30H33N3O3/c1-30(2,3)31-21-27(34)32-25-19-11-10-18-24(25)28(23-16-8-5-9-17-23)33-26(29(35)36)20-12-15-22-13-6-4-7-14-22/h4-19,26,31H,20-21H2,1-3H3,(H,32,34)(H,35,36)/b15-12+,33-28?. The molecule has 1 unspecified atom stereocenters. The second-order valence-electron chi connectivity index (χ2n) is 9.44. The molecule has 1 atom stereocenters. The molecule has 0 spiro atoms. The first kappa shape index (κ1) is 26.6. The molecule has 6 nitrogen and oxygen atoms in total. The summed E-state index contributed by atoms with van der Waals surface area (Å²) in [6.45, 7) is 6.13. The molecule has 186 valence electrons. The molecule has 0 bridgehead atoms. The van der Waals surface area contributed by atoms with Crippen LogP contribution in [-0.2, 0) is 9.59 Å². The summed E-state index contributed by atoms with van der Waals surface area (Å²) < 4.78 is 0. The van der Waals surface area contributed by atoms with Crippen molar-refractivity contribution in [2.45, 2.75) is 38.8 Å². The Balaban J connectivity index is 1.95. The number of carbonyl (C=O) groups is 2. The summed E-state index contributed by atoms with van der Waals surface area (Å²) in [4.78, 5) is 29.5. The normalized spacial score (nSPS) is 12.9. The molecule has 3 N–H and O–H groups in total. The van der Waals surface area contributed by atoms with Crippen LogP contribution in [0.25, 0.3) is 6.08 Å². The molecule has 3 rings (SSSR count). The second-order valence-corrected chi connectivity index (χ2v) is 9.44. The van der Waals surface area contributed by atoms with E-state index < -0.39 is 12.0 Å². The zero-order chi connectivity index (χ0) is 26.0. The number of carbonyl (C=O) groups excluding carboxylic acids is 1. The molecule has 0 heterocycles. The summed E-state index contributed by atoms with van der Waals surface area (Å²) >= 11 is 0. The number of nitrogens with zero attached hydrogens (tertiary/aromatic N) is 1. The van der Waals surface area contributed by atoms with Crippen LogP contribution in [0.3, 0.4) is 0 Å². The summed E-state index contributed by atoms with van der Waals surface area (Å²) in [6.07, 6.45) is 3.95. The fourth-order valence-electron chi connectivity index (χ4n) is 3.50. The van der Waals surface area contributed by atoms with Gasteiger partial charge in [-0.15, -0.1) is 0 Å². The number of rotatable bonds is 10. The Morgan fingerprint density at radius 1 is 0.917 bits per heavy atom. The Hall–Kier alpha value is -4.03. The Bertz CT molecular complexity index is 1210. The largest absolute Gasteiger partial charge is 0.480 e. The number of aliphatic carboxylic acids is 1. The van der Waals surface area contributed by atoms with Gasteiger partial charge in [0.1, 0.15) is 0 Å². The van der Waals surface area contributed by atoms with E-state index in [2.05, 4.69) is 10.6 Å². The van der Waals surface area contributed by atoms with E-state index in [4.69, 9.17) is 4.99 Å². The molecule has 0 aliphatic heterocycles. The Morgan fingerprint density at radius 2 is 1.53 bits per heavy atom. The van der Waals surface area contributed by atoms with Crippen LogP contribution in [0.1, 0.15) is 43.9 Å². The van der Waals surface area contributed by atoms with Gasteiger partial charge in [-0.2, -0.15) is 0 Å². The number of hydrogen-bond donors (Lipinski definition) is 3. The number of anilines is 1. The van der Waals surface area contributed by atoms with E-state index in [0.29, 0.717) is 17.0 Å². The number of carboxylic acids is 1. The van der Waals surface area contributed by atoms with Gasteiger partial charge in [-0.1, -0.05) is 91.0 Å². The Morgan fingerprint density at radius 3 is 2.17 bits per heavy atom. The predicted octanol–water partition coefficient (Wildman–Crippen LogP) is 5.41. The summed E-state index contributed by atoms with van der Waals surface area (Å²) in [5.41, 5.74) is 3.30. The molecule has 0 aliphatic rings. The van der Waals surface area contributed by atoms with Crippen molar-refractivity contribution in [1.29, 1.82) is 0 Å². The van der Waals surface area contributed by atoms with E-state index >= 15 is 0 Å². The number of hydrogen-bond acceptors (Lipinski definition) is 4. The highest BCUT2D eigenvalue weighted by Crippen LogP contribution is 2.22. The predicted molar refractivity (Wildman–Crippen MR) is 146 cm³/mol. The first-order chi connectivity index (χ1) is 17.2. The smallest absolute Gasteiger partial charge is 0.328 e. The third-order valence-electron chi connectivity index (χ3n) is 5.32. The summed E-state index contributed by atoms with van der Waals surface area (Å²) in [6, 6.07) is 25.5. The minimum atomic E-state index is -1.02. The zero-order valence-corrected chi connectivity index (χ0v) is 20.9. The van der Waals surface area contributed by atoms with Gasteiger partial charge in [-0.05, 0) is 38.8 Å². The molecule has 0 aliphatic carbocycles. The molecule has 3 aromatic carbocycles. The summed E-state index contributed by atoms with van der Waals surface area (Å²) in [5, 5.41) is 16.1. The molecule has 0 fully saturated rings. The van der Waals surface area contributed by atoms with Gasteiger partial charge in [0, 0.05) is 16.7 Å². The highest BCUT2D eigenvalue weighted by Gasteiger charge is 2.20. The minimum absolute atomic E-state index is 0.150. The quantitative estimate of drug-likeness (QED) is 0.337. The average molecular weight is 484 g/mol. The van der Waals surface area contributed by atoms with Crippen LogP contribution < -0.4 is 10.6 Å². The number of aliphatic imine (C=N–C) groups is 1. The van der Waals surface area contributed by atoms with Crippen molar-refractivity contribution in [2.24, 2.45) is 4.99 Å². The second kappa shape index (κ2) is 12.6. The zero-order valence-electron chi connectivity index (χ0n) is 20.9. The van der Waals surface area contributed by atoms with Crippen LogP contribution in [0.2, 0.25) is 0 Å². The maximum absolute atomic E-state index is 12.7. The van der Waals surface area contributed by atoms with Crippen molar-refractivity contribution in [2.75, 3.05) is 11.9 Å². The van der Waals surface area contributed by atoms with Crippen LogP contribution >= 0.6 is 0 Å². The number of carboxylic acid groups (broad SMARTS) is 1. The number of para-hydroxylation sites is 1. The first-order valence-electron chi connectivity index (χ1n) is 11.9. The Labute approximate surface area is 212 Å². The molecule has 3 aromatic rings. The van der Waals surface area contributed by atoms with Crippen molar-refractivity contribution >= 4 is 29.4 Å². The minimum Gasteiger partial charge on any atom is -0.480 e. The van der Waals surface area contributed by atoms with Gasteiger partial charge in [0.15, 0.2) is 6.04 Å². The molecular weight excluding hydrogens is 450 g/mol. The van der Waals surface area contributed by atoms with E-state index in [9.17, 15) is 14.7 Å². The van der Waals surface area contributed by atoms with Gasteiger partial charge < -0.3 is 15.7 Å². The van der Waals surface area contributed by atoms with Gasteiger partial charge in [0.2, 0.25) is 5.91 Å². The Kier molecular flexibility index (Phi) is 9.31. The summed E-state index contributed by atoms with van der Waals surface area (Å²) in [7, 11) is 0. The molecule has 36 heavy (non-hydrogen) atoms. The molecular formula is C30H33N3O3. The van der Waals surface area contributed by atoms with Crippen LogP contribution in [0.5, 0.6) is 0 Å². The van der Waals surface area contributed by atoms with Crippen LogP contribution in [0.15, 0.2) is 96.0 Å². The molecule has 1 amide bonds. The molecule has 0 aromatic heterocycles. The van der Waals surface area contributed by atoms with Gasteiger partial charge in [0.25, 0.3) is 0 Å². The van der Waals surface area contributed by atoms with Crippen molar-refractivity contribution in [3.05, 3.63) is 108 Å². The molecule has 0 radical (unpaired) electrons. The summed E-state index contributed by atoms with van der Waals surface area (Å²) in [5.74, 6) is -1.21. The van der Waals surface area contributed by atoms with Crippen molar-refractivity contribution < 1.29 is 14.7 Å². The van der Waals surface area contributed by atoms with E-state index in [1.165, 1.54) is 0 Å². The fraction of sp³-hybridized carbons (Fsp3) is 0.233. The lowest BCUT2D eigenvalue weighted by Crippen LogP contribution is -2.41. The van der Waals surface area contributed by atoms with Gasteiger partial charge >= 0.3 is 5.97 Å². The van der Waals surface area contributed by atoms with E-state index in [0.717, 1.165) is 11.1 Å². The highest BCUT2D eigenvalue weighted by atomic mass is 16.4. The number of amides is 1. The maximum Gasteiger partial charge on any atom is 0.328 e. The van der Waals surface area contributed by atoms with Crippen molar-refractivity contribution in [1.82, 2.24) is 5.32 Å². The SMILES string of the molecule is CC(C)(C)NCC(=O)Nc1ccccc1C(=NC(C/C=C/c1ccccc1)C(=O)O)c1ccccc1. The molecule has 6 heteroatoms. The van der Waals surface area contributed by atoms with Crippen LogP contribution in [-0.4, -0.2) is 40.8 Å². The highest BCUT2D eigenvalue weighted by molar-refractivity contribution is 6.17. The fourth-order valence-corrected chi connectivity index (χ4v) is 3.50. The molecule has 0 saturated carbocycles. The average Bonchev–Trinajstić information content (AvgIpc) is 2.86. The maximum atomic E-state index is 12.7. The van der Waals surface area contributed by atoms with Crippen molar-refractivity contribution in [3.8, 4) is 0 Å². The first-order valence-corrected chi connectivity index (χ1v) is 11.9. The lowest BCUT2D eigenvalue weighted by molar-refractivity contribution is -0.138. The van der Waals surface area contributed by atoms with E-state index in [1.54, 1.807) is 6.07 Å². The monoisotopic (exact) mass is 483 g/mol. The van der Waals surface area contributed by atoms with Crippen LogP contribution in [0.4, 0.5) is 5.69 Å². The van der Waals surface area contributed by atoms with E-state index in [1.807, 2.05) is 112 Å².